The number of alkyl halides is 3. The molecule has 4 rings (SSSR count). The molecule has 8 nitrogen and oxygen atoms in total. The maximum atomic E-state index is 12.9. The van der Waals surface area contributed by atoms with Crippen LogP contribution in [0.1, 0.15) is 22.8 Å². The van der Waals surface area contributed by atoms with E-state index in [-0.39, 0.29) is 30.8 Å². The van der Waals surface area contributed by atoms with E-state index in [2.05, 4.69) is 20.4 Å². The molecule has 0 unspecified atom stereocenters. The normalized spacial score (nSPS) is 16.0. The highest BCUT2D eigenvalue weighted by molar-refractivity contribution is 5.79. The summed E-state index contributed by atoms with van der Waals surface area (Å²) < 4.78 is 51.1. The molecule has 158 valence electrons. The van der Waals surface area contributed by atoms with E-state index in [0.717, 1.165) is 4.52 Å². The molecular weight excluding hydrogens is 403 g/mol. The second-order valence-corrected chi connectivity index (χ2v) is 6.88. The minimum Gasteiger partial charge on any atom is -0.486 e. The Labute approximate surface area is 169 Å². The molecule has 1 aliphatic heterocycles. The van der Waals surface area contributed by atoms with Crippen molar-refractivity contribution in [3.05, 3.63) is 47.0 Å². The number of nitrogens with one attached hydrogen (secondary N) is 1. The van der Waals surface area contributed by atoms with Gasteiger partial charge in [-0.05, 0) is 26.0 Å². The molecule has 1 N–H and O–H groups in total. The van der Waals surface area contributed by atoms with Gasteiger partial charge in [-0.25, -0.2) is 9.50 Å². The number of aryl methyl sites for hydroxylation is 2. The number of amides is 1. The molecule has 0 saturated heterocycles. The van der Waals surface area contributed by atoms with Gasteiger partial charge in [-0.3, -0.25) is 4.79 Å². The van der Waals surface area contributed by atoms with E-state index in [1.807, 2.05) is 12.1 Å². The van der Waals surface area contributed by atoms with Crippen molar-refractivity contribution < 1.29 is 27.4 Å². The summed E-state index contributed by atoms with van der Waals surface area (Å²) >= 11 is 0. The lowest BCUT2D eigenvalue weighted by Gasteiger charge is -2.26. The fraction of sp³-hybridized carbons (Fsp3) is 0.368. The molecule has 1 atom stereocenters. The number of fused-ring (bicyclic) bond motifs is 2. The van der Waals surface area contributed by atoms with E-state index in [4.69, 9.17) is 9.47 Å². The summed E-state index contributed by atoms with van der Waals surface area (Å²) in [6.07, 6.45) is -5.09. The van der Waals surface area contributed by atoms with E-state index in [1.165, 1.54) is 0 Å². The maximum Gasteiger partial charge on any atom is 0.453 e. The summed E-state index contributed by atoms with van der Waals surface area (Å²) in [4.78, 5) is 19.9. The molecule has 11 heteroatoms. The van der Waals surface area contributed by atoms with Gasteiger partial charge in [0.15, 0.2) is 11.5 Å². The third-order valence-electron chi connectivity index (χ3n) is 4.73. The van der Waals surface area contributed by atoms with Crippen molar-refractivity contribution in [2.24, 2.45) is 0 Å². The number of carbonyl (C=O) groups is 1. The first-order valence-corrected chi connectivity index (χ1v) is 9.17. The maximum absolute atomic E-state index is 12.9. The highest BCUT2D eigenvalue weighted by Gasteiger charge is 2.37. The Morgan fingerprint density at radius 2 is 1.97 bits per heavy atom. The number of hydrogen-bond acceptors (Lipinski definition) is 6. The molecule has 0 bridgehead atoms. The molecule has 0 aliphatic carbocycles. The van der Waals surface area contributed by atoms with Gasteiger partial charge in [-0.15, -0.1) is 5.10 Å². The monoisotopic (exact) mass is 421 g/mol. The molecule has 1 aromatic carbocycles. The molecule has 3 heterocycles. The molecule has 1 amide bonds. The van der Waals surface area contributed by atoms with Crippen molar-refractivity contribution in [3.63, 3.8) is 0 Å². The predicted molar refractivity (Wildman–Crippen MR) is 98.3 cm³/mol. The lowest BCUT2D eigenvalue weighted by molar-refractivity contribution is -0.144. The summed E-state index contributed by atoms with van der Waals surface area (Å²) in [7, 11) is 0. The SMILES string of the molecule is Cc1nc2nc(C(F)(F)F)nn2c(C)c1CC(=O)NC[C@@H]1COc2ccccc2O1. The van der Waals surface area contributed by atoms with Crippen LogP contribution >= 0.6 is 0 Å². The van der Waals surface area contributed by atoms with Crippen LogP contribution in [0.5, 0.6) is 11.5 Å². The Morgan fingerprint density at radius 1 is 1.23 bits per heavy atom. The van der Waals surface area contributed by atoms with Gasteiger partial charge in [-0.1, -0.05) is 12.1 Å². The Hall–Kier alpha value is -3.37. The molecule has 3 aromatic rings. The molecule has 0 fully saturated rings. The zero-order valence-electron chi connectivity index (χ0n) is 16.2. The Morgan fingerprint density at radius 3 is 2.70 bits per heavy atom. The fourth-order valence-electron chi connectivity index (χ4n) is 3.20. The van der Waals surface area contributed by atoms with Gasteiger partial charge in [0.05, 0.1) is 13.0 Å². The average molecular weight is 421 g/mol. The molecule has 0 radical (unpaired) electrons. The second-order valence-electron chi connectivity index (χ2n) is 6.88. The Bertz CT molecular complexity index is 1110. The van der Waals surface area contributed by atoms with Gasteiger partial charge in [-0.2, -0.15) is 18.2 Å². The minimum atomic E-state index is -4.67. The van der Waals surface area contributed by atoms with Crippen LogP contribution in [0.3, 0.4) is 0 Å². The molecule has 1 aliphatic rings. The molecule has 30 heavy (non-hydrogen) atoms. The number of hydrogen-bond donors (Lipinski definition) is 1. The highest BCUT2D eigenvalue weighted by Crippen LogP contribution is 2.30. The first-order chi connectivity index (χ1) is 14.2. The van der Waals surface area contributed by atoms with Crippen LogP contribution in [0, 0.1) is 13.8 Å². The Balaban J connectivity index is 1.44. The van der Waals surface area contributed by atoms with Gasteiger partial charge < -0.3 is 14.8 Å². The van der Waals surface area contributed by atoms with Gasteiger partial charge in [0, 0.05) is 17.0 Å². The summed E-state index contributed by atoms with van der Waals surface area (Å²) in [5, 5.41) is 6.25. The fourth-order valence-corrected chi connectivity index (χ4v) is 3.20. The van der Waals surface area contributed by atoms with E-state index in [9.17, 15) is 18.0 Å². The lowest BCUT2D eigenvalue weighted by Crippen LogP contribution is -2.41. The van der Waals surface area contributed by atoms with Gasteiger partial charge in [0.25, 0.3) is 11.6 Å². The molecule has 0 saturated carbocycles. The summed E-state index contributed by atoms with van der Waals surface area (Å²) in [5.41, 5.74) is 1.29. The predicted octanol–water partition coefficient (Wildman–Crippen LogP) is 2.26. The minimum absolute atomic E-state index is 0.0635. The third kappa shape index (κ3) is 3.87. The van der Waals surface area contributed by atoms with Gasteiger partial charge in [0.1, 0.15) is 12.7 Å². The van der Waals surface area contributed by atoms with Crippen LogP contribution in [0.2, 0.25) is 0 Å². The van der Waals surface area contributed by atoms with Crippen LogP contribution in [0.4, 0.5) is 13.2 Å². The van der Waals surface area contributed by atoms with Crippen molar-refractivity contribution in [2.75, 3.05) is 13.2 Å². The number of aromatic nitrogens is 4. The summed E-state index contributed by atoms with van der Waals surface area (Å²) in [5.74, 6) is -0.490. The summed E-state index contributed by atoms with van der Waals surface area (Å²) in [6.45, 7) is 3.71. The number of nitrogens with zero attached hydrogens (tertiary/aromatic N) is 4. The summed E-state index contributed by atoms with van der Waals surface area (Å²) in [6, 6.07) is 7.25. The lowest BCUT2D eigenvalue weighted by atomic mass is 10.1. The van der Waals surface area contributed by atoms with Crippen LogP contribution in [-0.2, 0) is 17.4 Å². The highest BCUT2D eigenvalue weighted by atomic mass is 19.4. The van der Waals surface area contributed by atoms with Crippen LogP contribution in [0.25, 0.3) is 5.78 Å². The van der Waals surface area contributed by atoms with Crippen LogP contribution in [0.15, 0.2) is 24.3 Å². The van der Waals surface area contributed by atoms with Crippen molar-refractivity contribution in [3.8, 4) is 11.5 Å². The largest absolute Gasteiger partial charge is 0.486 e. The van der Waals surface area contributed by atoms with Crippen LogP contribution in [-0.4, -0.2) is 44.7 Å². The van der Waals surface area contributed by atoms with Crippen LogP contribution < -0.4 is 14.8 Å². The quantitative estimate of drug-likeness (QED) is 0.695. The zero-order valence-corrected chi connectivity index (χ0v) is 16.2. The number of rotatable bonds is 4. The number of benzene rings is 1. The molecular formula is C19H18F3N5O3. The molecule has 0 spiro atoms. The number of carbonyl (C=O) groups excluding carboxylic acids is 1. The van der Waals surface area contributed by atoms with Gasteiger partial charge >= 0.3 is 6.18 Å². The van der Waals surface area contributed by atoms with Crippen molar-refractivity contribution in [1.82, 2.24) is 24.9 Å². The second kappa shape index (κ2) is 7.47. The standard InChI is InChI=1S/C19H18F3N5O3/c1-10-13(11(2)27-18(24-10)25-17(26-27)19(20,21)22)7-16(28)23-8-12-9-29-14-5-3-4-6-15(14)30-12/h3-6,12H,7-9H2,1-2H3,(H,23,28)/t12-/m1/s1. The number of halogens is 3. The molecule has 2 aromatic heterocycles. The van der Waals surface area contributed by atoms with E-state index in [0.29, 0.717) is 35.1 Å². The average Bonchev–Trinajstić information content (AvgIpc) is 3.14. The number of ether oxygens (including phenoxy) is 2. The third-order valence-corrected chi connectivity index (χ3v) is 4.73. The Kier molecular flexibility index (Phi) is 4.96. The first kappa shape index (κ1) is 19.9. The van der Waals surface area contributed by atoms with Crippen molar-refractivity contribution in [1.29, 1.82) is 0 Å². The smallest absolute Gasteiger partial charge is 0.453 e. The van der Waals surface area contributed by atoms with Gasteiger partial charge in [0.2, 0.25) is 5.91 Å². The van der Waals surface area contributed by atoms with E-state index < -0.39 is 12.0 Å². The zero-order chi connectivity index (χ0) is 21.5. The number of para-hydroxylation sites is 2. The van der Waals surface area contributed by atoms with E-state index in [1.54, 1.807) is 26.0 Å². The topological polar surface area (TPSA) is 90.6 Å². The first-order valence-electron chi connectivity index (χ1n) is 9.17. The van der Waals surface area contributed by atoms with Crippen molar-refractivity contribution >= 4 is 11.7 Å². The van der Waals surface area contributed by atoms with Crippen molar-refractivity contribution in [2.45, 2.75) is 32.5 Å². The van der Waals surface area contributed by atoms with E-state index >= 15 is 0 Å².